The van der Waals surface area contributed by atoms with E-state index in [0.29, 0.717) is 16.7 Å². The summed E-state index contributed by atoms with van der Waals surface area (Å²) in [5.41, 5.74) is 0.921. The number of hydrogen-bond acceptors (Lipinski definition) is 6. The van der Waals surface area contributed by atoms with Gasteiger partial charge in [0, 0.05) is 17.2 Å². The lowest BCUT2D eigenvalue weighted by atomic mass is 10.2. The molecule has 0 saturated carbocycles. The van der Waals surface area contributed by atoms with Gasteiger partial charge in [-0.05, 0) is 25.8 Å². The van der Waals surface area contributed by atoms with Crippen LogP contribution in [0.4, 0.5) is 0 Å². The van der Waals surface area contributed by atoms with Crippen molar-refractivity contribution in [3.63, 3.8) is 0 Å². The van der Waals surface area contributed by atoms with Gasteiger partial charge in [-0.3, -0.25) is 0 Å². The molecule has 0 amide bonds. The van der Waals surface area contributed by atoms with Crippen molar-refractivity contribution in [1.82, 2.24) is 9.97 Å². The number of aliphatic hydroxyl groups is 2. The van der Waals surface area contributed by atoms with Crippen molar-refractivity contribution in [3.05, 3.63) is 11.8 Å². The molecular weight excluding hydrogens is 304 g/mol. The molecule has 0 saturated heterocycles. The van der Waals surface area contributed by atoms with Crippen LogP contribution in [0.2, 0.25) is 0 Å². The monoisotopic (exact) mass is 330 g/mol. The average molecular weight is 331 g/mol. The predicted octanol–water partition coefficient (Wildman–Crippen LogP) is 3.29. The minimum Gasteiger partial charge on any atom is -0.392 e. The fourth-order valence-electron chi connectivity index (χ4n) is 1.84. The predicted molar refractivity (Wildman–Crippen MR) is 90.0 cm³/mol. The first-order valence-corrected chi connectivity index (χ1v) is 9.49. The Balaban J connectivity index is 2.54. The third-order valence-electron chi connectivity index (χ3n) is 2.88. The molecule has 0 spiro atoms. The van der Waals surface area contributed by atoms with E-state index in [1.165, 1.54) is 11.8 Å². The maximum Gasteiger partial charge on any atom is 0.188 e. The third kappa shape index (κ3) is 8.04. The molecule has 1 heterocycles. The van der Waals surface area contributed by atoms with Gasteiger partial charge in [-0.1, -0.05) is 38.5 Å². The number of nitrogens with zero attached hydrogens (tertiary/aromatic N) is 2. The summed E-state index contributed by atoms with van der Waals surface area (Å²) in [6.07, 6.45) is 3.02. The van der Waals surface area contributed by atoms with Crippen LogP contribution < -0.4 is 0 Å². The summed E-state index contributed by atoms with van der Waals surface area (Å²) in [7, 11) is 0. The average Bonchev–Trinajstić information content (AvgIpc) is 2.43. The molecule has 0 fully saturated rings. The summed E-state index contributed by atoms with van der Waals surface area (Å²) >= 11 is 3.06. The normalized spacial score (nSPS) is 14.1. The standard InChI is InChI=1S/C15H26N2O2S2/c1-4-6-12(18)9-20-14-8-11(3)16-15(17-14)21-10-13(19)7-5-2/h8,12-13,18-19H,4-7,9-10H2,1-3H3. The number of aryl methyl sites for hydroxylation is 1. The number of rotatable bonds is 10. The van der Waals surface area contributed by atoms with Crippen molar-refractivity contribution < 1.29 is 10.2 Å². The van der Waals surface area contributed by atoms with E-state index >= 15 is 0 Å². The Morgan fingerprint density at radius 3 is 2.14 bits per heavy atom. The fraction of sp³-hybridized carbons (Fsp3) is 0.733. The SMILES string of the molecule is CCCC(O)CSc1cc(C)nc(SCC(O)CCC)n1. The van der Waals surface area contributed by atoms with Crippen LogP contribution in [0.25, 0.3) is 0 Å². The Bertz CT molecular complexity index is 384. The highest BCUT2D eigenvalue weighted by molar-refractivity contribution is 7.99. The van der Waals surface area contributed by atoms with Gasteiger partial charge < -0.3 is 10.2 Å². The van der Waals surface area contributed by atoms with Gasteiger partial charge in [-0.15, -0.1) is 11.8 Å². The van der Waals surface area contributed by atoms with Crippen LogP contribution in [0.3, 0.4) is 0 Å². The van der Waals surface area contributed by atoms with E-state index in [2.05, 4.69) is 23.8 Å². The Kier molecular flexibility index (Phi) is 9.31. The highest BCUT2D eigenvalue weighted by Crippen LogP contribution is 2.23. The van der Waals surface area contributed by atoms with Crippen LogP contribution in [0.15, 0.2) is 16.2 Å². The topological polar surface area (TPSA) is 66.2 Å². The van der Waals surface area contributed by atoms with Gasteiger partial charge in [0.25, 0.3) is 0 Å². The molecule has 6 heteroatoms. The molecule has 0 radical (unpaired) electrons. The molecule has 0 bridgehead atoms. The van der Waals surface area contributed by atoms with E-state index in [-0.39, 0.29) is 12.2 Å². The molecule has 0 aliphatic rings. The van der Waals surface area contributed by atoms with Crippen LogP contribution in [0, 0.1) is 6.92 Å². The van der Waals surface area contributed by atoms with Gasteiger partial charge >= 0.3 is 0 Å². The molecule has 21 heavy (non-hydrogen) atoms. The maximum atomic E-state index is 9.78. The first-order valence-electron chi connectivity index (χ1n) is 7.52. The van der Waals surface area contributed by atoms with Gasteiger partial charge in [-0.25, -0.2) is 9.97 Å². The zero-order valence-electron chi connectivity index (χ0n) is 13.1. The molecule has 0 aliphatic carbocycles. The molecular formula is C15H26N2O2S2. The van der Waals surface area contributed by atoms with Gasteiger partial charge in [0.2, 0.25) is 0 Å². The third-order valence-corrected chi connectivity index (χ3v) is 4.93. The fourth-order valence-corrected chi connectivity index (χ4v) is 3.71. The smallest absolute Gasteiger partial charge is 0.188 e. The van der Waals surface area contributed by atoms with Crippen LogP contribution in [-0.2, 0) is 0 Å². The lowest BCUT2D eigenvalue weighted by molar-refractivity contribution is 0.188. The van der Waals surface area contributed by atoms with Gasteiger partial charge in [0.15, 0.2) is 5.16 Å². The molecule has 0 aliphatic heterocycles. The Morgan fingerprint density at radius 1 is 1.00 bits per heavy atom. The summed E-state index contributed by atoms with van der Waals surface area (Å²) in [4.78, 5) is 8.88. The van der Waals surface area contributed by atoms with Crippen LogP contribution in [-0.4, -0.2) is 43.9 Å². The van der Waals surface area contributed by atoms with Gasteiger partial charge in [-0.2, -0.15) is 0 Å². The minimum absolute atomic E-state index is 0.280. The van der Waals surface area contributed by atoms with E-state index < -0.39 is 0 Å². The molecule has 120 valence electrons. The van der Waals surface area contributed by atoms with Crippen LogP contribution in [0.1, 0.15) is 45.2 Å². The number of hydrogen-bond donors (Lipinski definition) is 2. The number of aromatic nitrogens is 2. The summed E-state index contributed by atoms with van der Waals surface area (Å²) < 4.78 is 0. The van der Waals surface area contributed by atoms with Crippen molar-refractivity contribution in [3.8, 4) is 0 Å². The van der Waals surface area contributed by atoms with E-state index in [1.807, 2.05) is 13.0 Å². The zero-order valence-corrected chi connectivity index (χ0v) is 14.7. The number of aliphatic hydroxyl groups excluding tert-OH is 2. The van der Waals surface area contributed by atoms with Crippen molar-refractivity contribution >= 4 is 23.5 Å². The molecule has 4 nitrogen and oxygen atoms in total. The highest BCUT2D eigenvalue weighted by Gasteiger charge is 2.09. The minimum atomic E-state index is -0.299. The molecule has 1 aromatic heterocycles. The van der Waals surface area contributed by atoms with Crippen molar-refractivity contribution in [1.29, 1.82) is 0 Å². The summed E-state index contributed by atoms with van der Waals surface area (Å²) in [6, 6.07) is 1.94. The van der Waals surface area contributed by atoms with Crippen LogP contribution >= 0.6 is 23.5 Å². The Labute approximate surface area is 136 Å². The van der Waals surface area contributed by atoms with E-state index in [1.54, 1.807) is 11.8 Å². The van der Waals surface area contributed by atoms with E-state index in [0.717, 1.165) is 36.4 Å². The van der Waals surface area contributed by atoms with Gasteiger partial charge in [0.05, 0.1) is 12.2 Å². The molecule has 1 aromatic rings. The van der Waals surface area contributed by atoms with Crippen LogP contribution in [0.5, 0.6) is 0 Å². The van der Waals surface area contributed by atoms with Crippen molar-refractivity contribution in [2.75, 3.05) is 11.5 Å². The first-order chi connectivity index (χ1) is 10.0. The van der Waals surface area contributed by atoms with E-state index in [4.69, 9.17) is 0 Å². The lowest BCUT2D eigenvalue weighted by Gasteiger charge is -2.10. The van der Waals surface area contributed by atoms with Crippen molar-refractivity contribution in [2.45, 2.75) is 68.8 Å². The summed E-state index contributed by atoms with van der Waals surface area (Å²) in [6.45, 7) is 6.08. The van der Waals surface area contributed by atoms with Gasteiger partial charge in [0.1, 0.15) is 5.03 Å². The summed E-state index contributed by atoms with van der Waals surface area (Å²) in [5, 5.41) is 21.2. The molecule has 2 unspecified atom stereocenters. The zero-order chi connectivity index (χ0) is 15.7. The molecule has 2 atom stereocenters. The summed E-state index contributed by atoms with van der Waals surface area (Å²) in [5.74, 6) is 1.28. The molecule has 2 N–H and O–H groups in total. The number of thioether (sulfide) groups is 2. The van der Waals surface area contributed by atoms with E-state index in [9.17, 15) is 10.2 Å². The second kappa shape index (κ2) is 10.4. The second-order valence-corrected chi connectivity index (χ2v) is 7.16. The Morgan fingerprint density at radius 2 is 1.57 bits per heavy atom. The second-order valence-electron chi connectivity index (χ2n) is 5.14. The molecule has 0 aromatic carbocycles. The molecule has 1 rings (SSSR count). The maximum absolute atomic E-state index is 9.78. The Hall–Kier alpha value is -0.300. The first kappa shape index (κ1) is 18.7. The highest BCUT2D eigenvalue weighted by atomic mass is 32.2. The quantitative estimate of drug-likeness (QED) is 0.390. The largest absolute Gasteiger partial charge is 0.392 e. The van der Waals surface area contributed by atoms with Crippen molar-refractivity contribution in [2.24, 2.45) is 0 Å². The lowest BCUT2D eigenvalue weighted by Crippen LogP contribution is -2.10.